The summed E-state index contributed by atoms with van der Waals surface area (Å²) in [6.45, 7) is 10.7. The first-order valence-electron chi connectivity index (χ1n) is 6.41. The van der Waals surface area contributed by atoms with Crippen LogP contribution in [0.3, 0.4) is 0 Å². The second-order valence-corrected chi connectivity index (χ2v) is 5.80. The Hall–Kier alpha value is -0.450. The van der Waals surface area contributed by atoms with Crippen molar-refractivity contribution in [1.29, 1.82) is 0 Å². The SMILES string of the molecule is CO[C@H]([C@@H](C)[C@H](C=O)OC)[C@@H](C)COC(C)(C)C. The van der Waals surface area contributed by atoms with Gasteiger partial charge in [0, 0.05) is 26.1 Å². The molecule has 0 aromatic heterocycles. The van der Waals surface area contributed by atoms with Crippen LogP contribution in [-0.4, -0.2) is 44.9 Å². The van der Waals surface area contributed by atoms with Crippen LogP contribution in [0.15, 0.2) is 0 Å². The molecule has 0 aromatic carbocycles. The third-order valence-corrected chi connectivity index (χ3v) is 3.05. The molecule has 0 aliphatic carbocycles. The Balaban J connectivity index is 4.51. The van der Waals surface area contributed by atoms with Gasteiger partial charge in [0.05, 0.1) is 18.3 Å². The van der Waals surface area contributed by atoms with Gasteiger partial charge in [-0.05, 0) is 20.8 Å². The minimum atomic E-state index is -0.438. The molecule has 0 fully saturated rings. The smallest absolute Gasteiger partial charge is 0.149 e. The number of ether oxygens (including phenoxy) is 3. The van der Waals surface area contributed by atoms with Crippen LogP contribution in [0.2, 0.25) is 0 Å². The first-order valence-corrected chi connectivity index (χ1v) is 6.41. The molecule has 0 aromatic rings. The molecule has 108 valence electrons. The Kier molecular flexibility index (Phi) is 7.67. The van der Waals surface area contributed by atoms with Crippen molar-refractivity contribution in [2.45, 2.75) is 52.4 Å². The molecule has 0 heterocycles. The van der Waals surface area contributed by atoms with E-state index in [1.807, 2.05) is 27.7 Å². The van der Waals surface area contributed by atoms with Crippen molar-refractivity contribution in [2.24, 2.45) is 11.8 Å². The lowest BCUT2D eigenvalue weighted by molar-refractivity contribution is -0.127. The van der Waals surface area contributed by atoms with Crippen molar-refractivity contribution in [2.75, 3.05) is 20.8 Å². The lowest BCUT2D eigenvalue weighted by Crippen LogP contribution is -2.40. The summed E-state index contributed by atoms with van der Waals surface area (Å²) in [5.74, 6) is 0.192. The molecule has 0 rings (SSSR count). The van der Waals surface area contributed by atoms with Gasteiger partial charge in [-0.25, -0.2) is 0 Å². The highest BCUT2D eigenvalue weighted by Crippen LogP contribution is 2.22. The third kappa shape index (κ3) is 5.94. The van der Waals surface area contributed by atoms with Crippen LogP contribution in [0.25, 0.3) is 0 Å². The molecule has 0 aliphatic heterocycles. The number of rotatable bonds is 8. The molecule has 4 heteroatoms. The lowest BCUT2D eigenvalue weighted by Gasteiger charge is -2.32. The minimum Gasteiger partial charge on any atom is -0.381 e. The van der Waals surface area contributed by atoms with Crippen molar-refractivity contribution in [3.63, 3.8) is 0 Å². The molecule has 18 heavy (non-hydrogen) atoms. The first kappa shape index (κ1) is 17.6. The fraction of sp³-hybridized carbons (Fsp3) is 0.929. The summed E-state index contributed by atoms with van der Waals surface area (Å²) in [7, 11) is 3.20. The van der Waals surface area contributed by atoms with Crippen LogP contribution < -0.4 is 0 Å². The second kappa shape index (κ2) is 7.87. The second-order valence-electron chi connectivity index (χ2n) is 5.80. The van der Waals surface area contributed by atoms with Gasteiger partial charge < -0.3 is 19.0 Å². The summed E-state index contributed by atoms with van der Waals surface area (Å²) in [6, 6.07) is 0. The molecule has 4 nitrogen and oxygen atoms in total. The van der Waals surface area contributed by atoms with E-state index in [1.54, 1.807) is 14.2 Å². The van der Waals surface area contributed by atoms with E-state index < -0.39 is 6.10 Å². The average Bonchev–Trinajstić information content (AvgIpc) is 2.28. The Morgan fingerprint density at radius 2 is 1.67 bits per heavy atom. The number of methoxy groups -OCH3 is 2. The molecule has 0 saturated carbocycles. The maximum atomic E-state index is 10.9. The molecule has 4 atom stereocenters. The minimum absolute atomic E-state index is 0.00364. The van der Waals surface area contributed by atoms with Gasteiger partial charge in [-0.1, -0.05) is 13.8 Å². The zero-order valence-electron chi connectivity index (χ0n) is 12.7. The molecule has 0 aliphatic rings. The summed E-state index contributed by atoms with van der Waals surface area (Å²) in [5, 5.41) is 0. The van der Waals surface area contributed by atoms with Crippen LogP contribution >= 0.6 is 0 Å². The van der Waals surface area contributed by atoms with Crippen LogP contribution in [0.5, 0.6) is 0 Å². The summed E-state index contributed by atoms with van der Waals surface area (Å²) in [6.07, 6.45) is 0.322. The average molecular weight is 260 g/mol. The van der Waals surface area contributed by atoms with Crippen molar-refractivity contribution >= 4 is 6.29 Å². The van der Waals surface area contributed by atoms with Gasteiger partial charge in [0.2, 0.25) is 0 Å². The van der Waals surface area contributed by atoms with E-state index in [0.29, 0.717) is 6.61 Å². The number of carbonyl (C=O) groups is 1. The van der Waals surface area contributed by atoms with Gasteiger partial charge in [0.25, 0.3) is 0 Å². The maximum absolute atomic E-state index is 10.9. The van der Waals surface area contributed by atoms with E-state index in [4.69, 9.17) is 14.2 Å². The highest BCUT2D eigenvalue weighted by atomic mass is 16.5. The van der Waals surface area contributed by atoms with Gasteiger partial charge in [0.1, 0.15) is 12.4 Å². The molecular weight excluding hydrogens is 232 g/mol. The zero-order valence-corrected chi connectivity index (χ0v) is 12.7. The quantitative estimate of drug-likeness (QED) is 0.628. The fourth-order valence-corrected chi connectivity index (χ4v) is 2.02. The summed E-state index contributed by atoms with van der Waals surface area (Å²) >= 11 is 0. The molecule has 0 N–H and O–H groups in total. The highest BCUT2D eigenvalue weighted by molar-refractivity contribution is 5.56. The zero-order chi connectivity index (χ0) is 14.3. The molecule has 0 radical (unpaired) electrons. The Labute approximate surface area is 111 Å². The summed E-state index contributed by atoms with van der Waals surface area (Å²) in [5.41, 5.74) is -0.166. The highest BCUT2D eigenvalue weighted by Gasteiger charge is 2.30. The Bertz CT molecular complexity index is 234. The van der Waals surface area contributed by atoms with E-state index in [0.717, 1.165) is 6.29 Å². The number of aldehydes is 1. The van der Waals surface area contributed by atoms with Gasteiger partial charge in [0.15, 0.2) is 0 Å². The summed E-state index contributed by atoms with van der Waals surface area (Å²) < 4.78 is 16.4. The van der Waals surface area contributed by atoms with Crippen LogP contribution in [-0.2, 0) is 19.0 Å². The van der Waals surface area contributed by atoms with Crippen LogP contribution in [0.1, 0.15) is 34.6 Å². The topological polar surface area (TPSA) is 44.8 Å². The Morgan fingerprint density at radius 3 is 2.00 bits per heavy atom. The molecule has 0 saturated heterocycles. The van der Waals surface area contributed by atoms with Gasteiger partial charge in [-0.2, -0.15) is 0 Å². The molecular formula is C14H28O4. The Morgan fingerprint density at radius 1 is 1.11 bits per heavy atom. The predicted octanol–water partition coefficient (Wildman–Crippen LogP) is 2.30. The maximum Gasteiger partial charge on any atom is 0.149 e. The molecule has 0 spiro atoms. The van der Waals surface area contributed by atoms with Gasteiger partial charge in [-0.3, -0.25) is 0 Å². The standard InChI is InChI=1S/C14H28O4/c1-10(9-18-14(3,4)5)13(17-7)11(2)12(8-15)16-6/h8,10-13H,9H2,1-7H3/t10-,11-,12-,13-/m0/s1. The monoisotopic (exact) mass is 260 g/mol. The fourth-order valence-electron chi connectivity index (χ4n) is 2.02. The van der Waals surface area contributed by atoms with Crippen molar-refractivity contribution in [1.82, 2.24) is 0 Å². The van der Waals surface area contributed by atoms with Crippen molar-refractivity contribution < 1.29 is 19.0 Å². The number of hydrogen-bond donors (Lipinski definition) is 0. The number of hydrogen-bond acceptors (Lipinski definition) is 4. The summed E-state index contributed by atoms with van der Waals surface area (Å²) in [4.78, 5) is 10.9. The largest absolute Gasteiger partial charge is 0.381 e. The van der Waals surface area contributed by atoms with Crippen LogP contribution in [0.4, 0.5) is 0 Å². The molecule has 0 unspecified atom stereocenters. The van der Waals surface area contributed by atoms with Crippen molar-refractivity contribution in [3.05, 3.63) is 0 Å². The van der Waals surface area contributed by atoms with E-state index >= 15 is 0 Å². The molecule has 0 bridgehead atoms. The van der Waals surface area contributed by atoms with E-state index in [-0.39, 0.29) is 23.5 Å². The van der Waals surface area contributed by atoms with Crippen molar-refractivity contribution in [3.8, 4) is 0 Å². The normalized spacial score (nSPS) is 19.1. The van der Waals surface area contributed by atoms with Gasteiger partial charge >= 0.3 is 0 Å². The van der Waals surface area contributed by atoms with Crippen LogP contribution in [0, 0.1) is 11.8 Å². The lowest BCUT2D eigenvalue weighted by atomic mass is 9.89. The predicted molar refractivity (Wildman–Crippen MR) is 71.7 cm³/mol. The van der Waals surface area contributed by atoms with E-state index in [9.17, 15) is 4.79 Å². The van der Waals surface area contributed by atoms with E-state index in [2.05, 4.69) is 6.92 Å². The van der Waals surface area contributed by atoms with E-state index in [1.165, 1.54) is 0 Å². The first-order chi connectivity index (χ1) is 8.26. The molecule has 0 amide bonds. The van der Waals surface area contributed by atoms with Gasteiger partial charge in [-0.15, -0.1) is 0 Å². The number of carbonyl (C=O) groups excluding carboxylic acids is 1. The third-order valence-electron chi connectivity index (χ3n) is 3.05.